The smallest absolute Gasteiger partial charge is 0.261 e. The summed E-state index contributed by atoms with van der Waals surface area (Å²) in [4.78, 5) is 12.4. The number of halogens is 2. The molecular formula is C24H23Cl2N3O7S2. The quantitative estimate of drug-likeness (QED) is 0.345. The molecule has 10 nitrogen and oxygen atoms in total. The van der Waals surface area contributed by atoms with Gasteiger partial charge in [-0.1, -0.05) is 23.2 Å². The van der Waals surface area contributed by atoms with Crippen LogP contribution in [0.4, 0.5) is 17.1 Å². The molecule has 0 fully saturated rings. The predicted molar refractivity (Wildman–Crippen MR) is 146 cm³/mol. The lowest BCUT2D eigenvalue weighted by Crippen LogP contribution is -2.31. The first kappa shape index (κ1) is 27.8. The maximum Gasteiger partial charge on any atom is 0.261 e. The molecule has 1 amide bonds. The van der Waals surface area contributed by atoms with E-state index in [9.17, 15) is 21.6 Å². The van der Waals surface area contributed by atoms with Crippen molar-refractivity contribution in [2.24, 2.45) is 0 Å². The monoisotopic (exact) mass is 599 g/mol. The lowest BCUT2D eigenvalue weighted by molar-refractivity contribution is -0.116. The number of rotatable bonds is 10. The fraction of sp³-hybridized carbons (Fsp3) is 0.208. The fourth-order valence-corrected chi connectivity index (χ4v) is 6.20. The zero-order valence-electron chi connectivity index (χ0n) is 20.0. The average Bonchev–Trinajstić information content (AvgIpc) is 3.28. The Morgan fingerprint density at radius 3 is 2.21 bits per heavy atom. The molecule has 0 aromatic heterocycles. The Bertz CT molecular complexity index is 1540. The first-order valence-electron chi connectivity index (χ1n) is 11.2. The number of amides is 1. The van der Waals surface area contributed by atoms with Crippen LogP contribution in [0.3, 0.4) is 0 Å². The van der Waals surface area contributed by atoms with Crippen molar-refractivity contribution in [3.63, 3.8) is 0 Å². The molecule has 202 valence electrons. The Hall–Kier alpha value is -3.19. The van der Waals surface area contributed by atoms with Crippen molar-refractivity contribution in [2.75, 3.05) is 33.9 Å². The minimum absolute atomic E-state index is 0.0286. The van der Waals surface area contributed by atoms with Gasteiger partial charge in [0.1, 0.15) is 0 Å². The van der Waals surface area contributed by atoms with E-state index in [1.54, 1.807) is 18.2 Å². The summed E-state index contributed by atoms with van der Waals surface area (Å²) >= 11 is 11.8. The number of hydrogen-bond donors (Lipinski definition) is 2. The summed E-state index contributed by atoms with van der Waals surface area (Å²) in [6, 6.07) is 14.7. The number of carbonyl (C=O) groups excluding carboxylic acids is 1. The minimum atomic E-state index is -3.92. The van der Waals surface area contributed by atoms with Gasteiger partial charge in [0.2, 0.25) is 22.7 Å². The highest BCUT2D eigenvalue weighted by atomic mass is 35.5. The Labute approximate surface area is 230 Å². The van der Waals surface area contributed by atoms with Gasteiger partial charge < -0.3 is 14.8 Å². The van der Waals surface area contributed by atoms with Crippen molar-refractivity contribution in [1.82, 2.24) is 0 Å². The molecule has 3 aromatic carbocycles. The third kappa shape index (κ3) is 7.01. The van der Waals surface area contributed by atoms with Crippen LogP contribution in [0.5, 0.6) is 11.5 Å². The number of hydrogen-bond acceptors (Lipinski definition) is 7. The van der Waals surface area contributed by atoms with Crippen LogP contribution >= 0.6 is 23.2 Å². The molecule has 0 radical (unpaired) electrons. The second-order valence-corrected chi connectivity index (χ2v) is 12.8. The molecule has 14 heteroatoms. The molecule has 3 aromatic rings. The minimum Gasteiger partial charge on any atom is -0.454 e. The molecule has 0 unspecified atom stereocenters. The van der Waals surface area contributed by atoms with Gasteiger partial charge in [0, 0.05) is 34.8 Å². The molecule has 38 heavy (non-hydrogen) atoms. The van der Waals surface area contributed by atoms with Crippen molar-refractivity contribution in [3.8, 4) is 11.5 Å². The largest absolute Gasteiger partial charge is 0.454 e. The molecule has 1 heterocycles. The summed E-state index contributed by atoms with van der Waals surface area (Å²) in [6.07, 6.45) is 1.36. The van der Waals surface area contributed by atoms with Gasteiger partial charge in [-0.3, -0.25) is 13.8 Å². The third-order valence-electron chi connectivity index (χ3n) is 5.37. The van der Waals surface area contributed by atoms with Crippen molar-refractivity contribution in [1.29, 1.82) is 0 Å². The fourth-order valence-electron chi connectivity index (χ4n) is 3.68. The van der Waals surface area contributed by atoms with E-state index in [0.717, 1.165) is 6.26 Å². The molecule has 0 saturated heterocycles. The van der Waals surface area contributed by atoms with Crippen LogP contribution in [0.2, 0.25) is 10.0 Å². The highest BCUT2D eigenvalue weighted by Gasteiger charge is 2.22. The molecule has 4 rings (SSSR count). The molecule has 0 aliphatic carbocycles. The Balaban J connectivity index is 1.33. The van der Waals surface area contributed by atoms with Gasteiger partial charge in [0.05, 0.1) is 22.5 Å². The van der Waals surface area contributed by atoms with Gasteiger partial charge in [-0.15, -0.1) is 0 Å². The molecule has 1 aliphatic rings. The van der Waals surface area contributed by atoms with Gasteiger partial charge in [0.15, 0.2) is 11.5 Å². The van der Waals surface area contributed by atoms with Gasteiger partial charge in [-0.25, -0.2) is 16.8 Å². The SMILES string of the molecule is CS(=O)(=O)N(CCCC(=O)Nc1ccc(S(=O)(=O)Nc2cc(Cl)cc(Cl)c2)cc1)c1ccc2c(c1)OCO2. The number of nitrogens with one attached hydrogen (secondary N) is 2. The summed E-state index contributed by atoms with van der Waals surface area (Å²) in [5.41, 5.74) is 1.00. The number of fused-ring (bicyclic) bond motifs is 1. The Morgan fingerprint density at radius 2 is 1.55 bits per heavy atom. The van der Waals surface area contributed by atoms with Crippen LogP contribution in [0.1, 0.15) is 12.8 Å². The van der Waals surface area contributed by atoms with E-state index in [2.05, 4.69) is 10.0 Å². The van der Waals surface area contributed by atoms with Crippen molar-refractivity contribution in [3.05, 3.63) is 70.7 Å². The van der Waals surface area contributed by atoms with Gasteiger partial charge in [-0.2, -0.15) is 0 Å². The Kier molecular flexibility index (Phi) is 8.26. The van der Waals surface area contributed by atoms with E-state index in [-0.39, 0.29) is 52.7 Å². The second-order valence-electron chi connectivity index (χ2n) is 8.31. The number of anilines is 3. The van der Waals surface area contributed by atoms with E-state index in [1.165, 1.54) is 46.8 Å². The highest BCUT2D eigenvalue weighted by molar-refractivity contribution is 7.92. The van der Waals surface area contributed by atoms with E-state index in [4.69, 9.17) is 32.7 Å². The first-order chi connectivity index (χ1) is 17.9. The van der Waals surface area contributed by atoms with Gasteiger partial charge >= 0.3 is 0 Å². The van der Waals surface area contributed by atoms with Crippen molar-refractivity contribution >= 4 is 66.2 Å². The van der Waals surface area contributed by atoms with Crippen molar-refractivity contribution in [2.45, 2.75) is 17.7 Å². The summed E-state index contributed by atoms with van der Waals surface area (Å²) in [7, 11) is -7.53. The summed E-state index contributed by atoms with van der Waals surface area (Å²) in [5.74, 6) is 0.627. The summed E-state index contributed by atoms with van der Waals surface area (Å²) in [5, 5.41) is 3.24. The van der Waals surface area contributed by atoms with Crippen LogP contribution in [0, 0.1) is 0 Å². The standard InChI is InChI=1S/C24H23Cl2N3O7S2/c1-37(31,32)29(20-6-9-22-23(14-20)36-15-35-22)10-2-3-24(30)27-18-4-7-21(8-5-18)38(33,34)28-19-12-16(25)11-17(26)13-19/h4-9,11-14,28H,2-3,10,15H2,1H3,(H,27,30). The van der Waals surface area contributed by atoms with Crippen LogP contribution in [0.15, 0.2) is 65.6 Å². The summed E-state index contributed by atoms with van der Waals surface area (Å²) in [6.45, 7) is 0.139. The number of carbonyl (C=O) groups is 1. The zero-order valence-corrected chi connectivity index (χ0v) is 23.1. The van der Waals surface area contributed by atoms with Crippen LogP contribution in [0.25, 0.3) is 0 Å². The molecule has 0 spiro atoms. The first-order valence-corrected chi connectivity index (χ1v) is 15.3. The maximum absolute atomic E-state index is 12.7. The average molecular weight is 601 g/mol. The molecular weight excluding hydrogens is 577 g/mol. The third-order valence-corrected chi connectivity index (χ3v) is 8.40. The van der Waals surface area contributed by atoms with Crippen LogP contribution in [-0.4, -0.2) is 42.3 Å². The number of sulfonamides is 2. The number of nitrogens with zero attached hydrogens (tertiary/aromatic N) is 1. The van der Waals surface area contributed by atoms with Crippen LogP contribution in [-0.2, 0) is 24.8 Å². The molecule has 1 aliphatic heterocycles. The van der Waals surface area contributed by atoms with Crippen LogP contribution < -0.4 is 23.8 Å². The van der Waals surface area contributed by atoms with E-state index >= 15 is 0 Å². The lowest BCUT2D eigenvalue weighted by atomic mass is 10.2. The van der Waals surface area contributed by atoms with Crippen molar-refractivity contribution < 1.29 is 31.1 Å². The lowest BCUT2D eigenvalue weighted by Gasteiger charge is -2.22. The van der Waals surface area contributed by atoms with Gasteiger partial charge in [-0.05, 0) is 61.0 Å². The number of ether oxygens (including phenoxy) is 2. The predicted octanol–water partition coefficient (Wildman–Crippen LogP) is 4.71. The molecule has 0 bridgehead atoms. The Morgan fingerprint density at radius 1 is 0.895 bits per heavy atom. The van der Waals surface area contributed by atoms with Gasteiger partial charge in [0.25, 0.3) is 10.0 Å². The molecule has 2 N–H and O–H groups in total. The zero-order chi connectivity index (χ0) is 27.5. The van der Waals surface area contributed by atoms with E-state index in [1.807, 2.05) is 0 Å². The molecule has 0 saturated carbocycles. The topological polar surface area (TPSA) is 131 Å². The summed E-state index contributed by atoms with van der Waals surface area (Å²) < 4.78 is 64.2. The highest BCUT2D eigenvalue weighted by Crippen LogP contribution is 2.36. The normalized spacial score (nSPS) is 12.7. The second kappa shape index (κ2) is 11.3. The van der Waals surface area contributed by atoms with E-state index < -0.39 is 20.0 Å². The van der Waals surface area contributed by atoms with E-state index in [0.29, 0.717) is 22.9 Å². The number of benzene rings is 3. The maximum atomic E-state index is 12.7. The molecule has 0 atom stereocenters.